The minimum Gasteiger partial charge on any atom is -0.338 e. The maximum absolute atomic E-state index is 11.1. The van der Waals surface area contributed by atoms with Gasteiger partial charge in [-0.1, -0.05) is 6.92 Å². The Balaban J connectivity index is 3.54. The highest BCUT2D eigenvalue weighted by molar-refractivity contribution is 7.84. The number of hydrogen-bond acceptors (Lipinski definition) is 2. The molecule has 0 aliphatic heterocycles. The van der Waals surface area contributed by atoms with Gasteiger partial charge in [-0.2, -0.15) is 0 Å². The van der Waals surface area contributed by atoms with E-state index in [0.717, 1.165) is 6.42 Å². The van der Waals surface area contributed by atoms with Gasteiger partial charge in [0, 0.05) is 34.9 Å². The van der Waals surface area contributed by atoms with Crippen molar-refractivity contribution in [2.45, 2.75) is 38.5 Å². The van der Waals surface area contributed by atoms with Crippen molar-refractivity contribution in [2.24, 2.45) is 0 Å². The SMILES string of the molecule is CC(C)NC(=O)NCCC(C)S(C)=O. The van der Waals surface area contributed by atoms with Crippen LogP contribution in [0.3, 0.4) is 0 Å². The third-order valence-corrected chi connectivity index (χ3v) is 3.19. The second-order valence-corrected chi connectivity index (χ2v) is 5.45. The predicted octanol–water partition coefficient (Wildman–Crippen LogP) is 0.851. The first kappa shape index (κ1) is 13.4. The summed E-state index contributed by atoms with van der Waals surface area (Å²) in [7, 11) is -0.807. The van der Waals surface area contributed by atoms with E-state index < -0.39 is 10.8 Å². The first-order valence-corrected chi connectivity index (χ1v) is 6.42. The van der Waals surface area contributed by atoms with E-state index in [0.29, 0.717) is 6.54 Å². The molecule has 14 heavy (non-hydrogen) atoms. The van der Waals surface area contributed by atoms with Crippen molar-refractivity contribution in [3.8, 4) is 0 Å². The predicted molar refractivity (Wildman–Crippen MR) is 59.8 cm³/mol. The van der Waals surface area contributed by atoms with E-state index in [1.165, 1.54) is 0 Å². The fourth-order valence-electron chi connectivity index (χ4n) is 0.868. The second kappa shape index (κ2) is 6.81. The Morgan fingerprint density at radius 2 is 1.93 bits per heavy atom. The fourth-order valence-corrected chi connectivity index (χ4v) is 1.32. The van der Waals surface area contributed by atoms with E-state index in [2.05, 4.69) is 10.6 Å². The van der Waals surface area contributed by atoms with Gasteiger partial charge in [-0.25, -0.2) is 4.79 Å². The average molecular weight is 220 g/mol. The number of nitrogens with one attached hydrogen (secondary N) is 2. The zero-order valence-corrected chi connectivity index (χ0v) is 10.1. The van der Waals surface area contributed by atoms with Gasteiger partial charge in [0.2, 0.25) is 0 Å². The third-order valence-electron chi connectivity index (χ3n) is 1.82. The standard InChI is InChI=1S/C9H20N2O2S/c1-7(2)11-9(12)10-6-5-8(3)14(4)13/h7-8H,5-6H2,1-4H3,(H2,10,11,12). The highest BCUT2D eigenvalue weighted by Gasteiger charge is 2.07. The molecule has 0 radical (unpaired) electrons. The van der Waals surface area contributed by atoms with Gasteiger partial charge < -0.3 is 10.6 Å². The number of rotatable bonds is 5. The Labute approximate surface area is 88.3 Å². The molecule has 0 bridgehead atoms. The summed E-state index contributed by atoms with van der Waals surface area (Å²) < 4.78 is 11.0. The quantitative estimate of drug-likeness (QED) is 0.721. The Kier molecular flexibility index (Phi) is 6.53. The number of carbonyl (C=O) groups excluding carboxylic acids is 1. The summed E-state index contributed by atoms with van der Waals surface area (Å²) in [4.78, 5) is 11.1. The van der Waals surface area contributed by atoms with Crippen LogP contribution in [0, 0.1) is 0 Å². The molecule has 84 valence electrons. The lowest BCUT2D eigenvalue weighted by Gasteiger charge is -2.11. The lowest BCUT2D eigenvalue weighted by atomic mass is 10.3. The van der Waals surface area contributed by atoms with Crippen LogP contribution < -0.4 is 10.6 Å². The van der Waals surface area contributed by atoms with Crippen LogP contribution in [0.5, 0.6) is 0 Å². The summed E-state index contributed by atoms with van der Waals surface area (Å²) in [5.74, 6) is 0. The molecular formula is C9H20N2O2S. The van der Waals surface area contributed by atoms with Gasteiger partial charge in [0.05, 0.1) is 0 Å². The van der Waals surface area contributed by atoms with Gasteiger partial charge in [0.15, 0.2) is 0 Å². The molecule has 0 rings (SSSR count). The molecule has 0 aliphatic rings. The summed E-state index contributed by atoms with van der Waals surface area (Å²) in [6.45, 7) is 6.30. The molecular weight excluding hydrogens is 200 g/mol. The molecule has 0 spiro atoms. The Morgan fingerprint density at radius 3 is 2.36 bits per heavy atom. The molecule has 0 aromatic rings. The Morgan fingerprint density at radius 1 is 1.36 bits per heavy atom. The summed E-state index contributed by atoms with van der Waals surface area (Å²) in [6.07, 6.45) is 2.42. The first-order valence-electron chi connectivity index (χ1n) is 4.80. The largest absolute Gasteiger partial charge is 0.338 e. The van der Waals surface area contributed by atoms with E-state index in [4.69, 9.17) is 0 Å². The fraction of sp³-hybridized carbons (Fsp3) is 0.889. The highest BCUT2D eigenvalue weighted by atomic mass is 32.2. The molecule has 4 nitrogen and oxygen atoms in total. The third kappa shape index (κ3) is 6.88. The molecule has 0 heterocycles. The van der Waals surface area contributed by atoms with Gasteiger partial charge in [0.1, 0.15) is 0 Å². The summed E-state index contributed by atoms with van der Waals surface area (Å²) in [6, 6.07) is -0.0122. The average Bonchev–Trinajstić information content (AvgIpc) is 2.02. The highest BCUT2D eigenvalue weighted by Crippen LogP contribution is 1.96. The smallest absolute Gasteiger partial charge is 0.314 e. The van der Waals surface area contributed by atoms with Gasteiger partial charge in [-0.3, -0.25) is 4.21 Å². The van der Waals surface area contributed by atoms with Crippen molar-refractivity contribution < 1.29 is 9.00 Å². The second-order valence-electron chi connectivity index (χ2n) is 3.65. The van der Waals surface area contributed by atoms with Crippen LogP contribution in [-0.4, -0.2) is 34.3 Å². The van der Waals surface area contributed by atoms with Gasteiger partial charge in [0.25, 0.3) is 0 Å². The van der Waals surface area contributed by atoms with Crippen molar-refractivity contribution in [3.63, 3.8) is 0 Å². The molecule has 2 atom stereocenters. The number of amides is 2. The van der Waals surface area contributed by atoms with Crippen LogP contribution in [0.4, 0.5) is 4.79 Å². The summed E-state index contributed by atoms with van der Waals surface area (Å²) in [5.41, 5.74) is 0. The number of hydrogen-bond donors (Lipinski definition) is 2. The summed E-state index contributed by atoms with van der Waals surface area (Å²) >= 11 is 0. The van der Waals surface area contributed by atoms with Crippen LogP contribution in [-0.2, 0) is 10.8 Å². The monoisotopic (exact) mass is 220 g/mol. The van der Waals surface area contributed by atoms with Crippen LogP contribution in [0.15, 0.2) is 0 Å². The van der Waals surface area contributed by atoms with Crippen molar-refractivity contribution in [2.75, 3.05) is 12.8 Å². The van der Waals surface area contributed by atoms with Crippen LogP contribution in [0.25, 0.3) is 0 Å². The van der Waals surface area contributed by atoms with Crippen molar-refractivity contribution in [1.29, 1.82) is 0 Å². The van der Waals surface area contributed by atoms with Gasteiger partial charge >= 0.3 is 6.03 Å². The molecule has 0 aromatic heterocycles. The molecule has 2 N–H and O–H groups in total. The lowest BCUT2D eigenvalue weighted by molar-refractivity contribution is 0.238. The lowest BCUT2D eigenvalue weighted by Crippen LogP contribution is -2.40. The molecule has 2 amide bonds. The topological polar surface area (TPSA) is 58.2 Å². The van der Waals surface area contributed by atoms with Gasteiger partial charge in [-0.05, 0) is 20.3 Å². The number of urea groups is 1. The van der Waals surface area contributed by atoms with Crippen LogP contribution in [0.1, 0.15) is 27.2 Å². The summed E-state index contributed by atoms with van der Waals surface area (Å²) in [5, 5.41) is 5.57. The zero-order chi connectivity index (χ0) is 11.1. The van der Waals surface area contributed by atoms with Crippen molar-refractivity contribution in [1.82, 2.24) is 10.6 Å². The molecule has 0 saturated heterocycles. The van der Waals surface area contributed by atoms with Crippen molar-refractivity contribution >= 4 is 16.8 Å². The minimum absolute atomic E-state index is 0.134. The first-order chi connectivity index (χ1) is 6.43. The number of carbonyl (C=O) groups is 1. The molecule has 5 heteroatoms. The Hall–Kier alpha value is -0.580. The molecule has 0 aromatic carbocycles. The van der Waals surface area contributed by atoms with Crippen LogP contribution in [0.2, 0.25) is 0 Å². The normalized spacial score (nSPS) is 14.9. The van der Waals surface area contributed by atoms with Crippen molar-refractivity contribution in [3.05, 3.63) is 0 Å². The maximum Gasteiger partial charge on any atom is 0.314 e. The van der Waals surface area contributed by atoms with E-state index in [9.17, 15) is 9.00 Å². The van der Waals surface area contributed by atoms with Crippen LogP contribution >= 0.6 is 0 Å². The molecule has 0 aliphatic carbocycles. The molecule has 0 fully saturated rings. The Bertz CT molecular complexity index is 207. The zero-order valence-electron chi connectivity index (χ0n) is 9.29. The van der Waals surface area contributed by atoms with E-state index in [-0.39, 0.29) is 17.3 Å². The minimum atomic E-state index is -0.807. The van der Waals surface area contributed by atoms with E-state index >= 15 is 0 Å². The molecule has 2 unspecified atom stereocenters. The molecule has 0 saturated carbocycles. The van der Waals surface area contributed by atoms with E-state index in [1.54, 1.807) is 6.26 Å². The van der Waals surface area contributed by atoms with Gasteiger partial charge in [-0.15, -0.1) is 0 Å². The maximum atomic E-state index is 11.1. The van der Waals surface area contributed by atoms with E-state index in [1.807, 2.05) is 20.8 Å².